The van der Waals surface area contributed by atoms with Gasteiger partial charge in [-0.25, -0.2) is 4.79 Å². The minimum Gasteiger partial charge on any atom is -0.488 e. The molecule has 0 radical (unpaired) electrons. The Kier molecular flexibility index (Phi) is 4.74. The van der Waals surface area contributed by atoms with E-state index in [1.165, 1.54) is 12.1 Å². The van der Waals surface area contributed by atoms with Gasteiger partial charge in [0, 0.05) is 5.56 Å². The van der Waals surface area contributed by atoms with Crippen molar-refractivity contribution in [3.8, 4) is 5.75 Å². The highest BCUT2D eigenvalue weighted by Crippen LogP contribution is 2.18. The zero-order valence-corrected chi connectivity index (χ0v) is 13.3. The fourth-order valence-corrected chi connectivity index (χ4v) is 1.89. The maximum absolute atomic E-state index is 12.0. The molecule has 2 rings (SSSR count). The molecule has 6 nitrogen and oxygen atoms in total. The number of amides is 1. The lowest BCUT2D eigenvalue weighted by Crippen LogP contribution is -2.24. The average Bonchev–Trinajstić information content (AvgIpc) is 2.93. The van der Waals surface area contributed by atoms with Gasteiger partial charge in [0.1, 0.15) is 17.1 Å². The number of furan rings is 1. The Bertz CT molecular complexity index is 695. The highest BCUT2D eigenvalue weighted by molar-refractivity contribution is 5.94. The van der Waals surface area contributed by atoms with Gasteiger partial charge < -0.3 is 19.6 Å². The van der Waals surface area contributed by atoms with Crippen LogP contribution >= 0.6 is 0 Å². The van der Waals surface area contributed by atoms with Crippen LogP contribution in [0.3, 0.4) is 0 Å². The third-order valence-corrected chi connectivity index (χ3v) is 2.84. The van der Waals surface area contributed by atoms with Gasteiger partial charge in [-0.2, -0.15) is 0 Å². The average molecular weight is 317 g/mol. The van der Waals surface area contributed by atoms with E-state index in [4.69, 9.17) is 14.3 Å². The van der Waals surface area contributed by atoms with Crippen molar-refractivity contribution in [3.05, 3.63) is 53.5 Å². The van der Waals surface area contributed by atoms with Gasteiger partial charge in [0.15, 0.2) is 0 Å². The minimum atomic E-state index is -1.14. The summed E-state index contributed by atoms with van der Waals surface area (Å²) in [6, 6.07) is 9.67. The molecule has 1 aromatic heterocycles. The van der Waals surface area contributed by atoms with Gasteiger partial charge in [-0.3, -0.25) is 4.79 Å². The zero-order chi connectivity index (χ0) is 17.0. The largest absolute Gasteiger partial charge is 0.488 e. The Morgan fingerprint density at radius 1 is 1.13 bits per heavy atom. The molecular formula is C17H19NO5. The van der Waals surface area contributed by atoms with E-state index in [-0.39, 0.29) is 23.8 Å². The lowest BCUT2D eigenvalue weighted by Gasteiger charge is -2.21. The molecular weight excluding hydrogens is 298 g/mol. The van der Waals surface area contributed by atoms with E-state index in [9.17, 15) is 9.59 Å². The Morgan fingerprint density at radius 3 is 2.30 bits per heavy atom. The first-order chi connectivity index (χ1) is 10.7. The van der Waals surface area contributed by atoms with E-state index in [2.05, 4.69) is 5.32 Å². The Hall–Kier alpha value is -2.76. The molecule has 2 N–H and O–H groups in total. The Balaban J connectivity index is 1.93. The van der Waals surface area contributed by atoms with Gasteiger partial charge in [0.05, 0.1) is 6.54 Å². The van der Waals surface area contributed by atoms with Crippen molar-refractivity contribution in [2.45, 2.75) is 32.9 Å². The first-order valence-electron chi connectivity index (χ1n) is 7.14. The summed E-state index contributed by atoms with van der Waals surface area (Å²) in [5, 5.41) is 11.4. The van der Waals surface area contributed by atoms with Crippen LogP contribution in [0.2, 0.25) is 0 Å². The number of rotatable bonds is 5. The minimum absolute atomic E-state index is 0.117. The third kappa shape index (κ3) is 4.88. The Labute approximate surface area is 134 Å². The molecule has 0 spiro atoms. The number of benzene rings is 1. The smallest absolute Gasteiger partial charge is 0.371 e. The number of aromatic carboxylic acids is 1. The van der Waals surface area contributed by atoms with E-state index >= 15 is 0 Å². The summed E-state index contributed by atoms with van der Waals surface area (Å²) in [5.74, 6) is -0.509. The number of hydrogen-bond acceptors (Lipinski definition) is 4. The van der Waals surface area contributed by atoms with Crippen molar-refractivity contribution in [3.63, 3.8) is 0 Å². The SMILES string of the molecule is CC(C)(C)Oc1ccc(C(=O)NCc2ccc(C(=O)O)o2)cc1. The maximum atomic E-state index is 12.0. The van der Waals surface area contributed by atoms with Crippen LogP contribution in [0.4, 0.5) is 0 Å². The van der Waals surface area contributed by atoms with E-state index in [1.807, 2.05) is 20.8 Å². The standard InChI is InChI=1S/C17H19NO5/c1-17(2,3)23-12-6-4-11(5-7-12)15(19)18-10-13-8-9-14(22-13)16(20)21/h4-9H,10H2,1-3H3,(H,18,19)(H,20,21). The summed E-state index contributed by atoms with van der Waals surface area (Å²) in [6.07, 6.45) is 0. The van der Waals surface area contributed by atoms with E-state index in [1.54, 1.807) is 24.3 Å². The van der Waals surface area contributed by atoms with Crippen molar-refractivity contribution >= 4 is 11.9 Å². The monoisotopic (exact) mass is 317 g/mol. The highest BCUT2D eigenvalue weighted by atomic mass is 16.5. The fourth-order valence-electron chi connectivity index (χ4n) is 1.89. The number of carboxylic acids is 1. The first-order valence-corrected chi connectivity index (χ1v) is 7.14. The molecule has 1 aromatic carbocycles. The molecule has 0 unspecified atom stereocenters. The van der Waals surface area contributed by atoms with Gasteiger partial charge in [-0.1, -0.05) is 0 Å². The summed E-state index contributed by atoms with van der Waals surface area (Å²) in [6.45, 7) is 5.96. The van der Waals surface area contributed by atoms with Gasteiger partial charge in [-0.15, -0.1) is 0 Å². The lowest BCUT2D eigenvalue weighted by atomic mass is 10.1. The number of carboxylic acid groups (broad SMARTS) is 1. The summed E-state index contributed by atoms with van der Waals surface area (Å²) in [7, 11) is 0. The van der Waals surface area contributed by atoms with Crippen LogP contribution in [0.15, 0.2) is 40.8 Å². The normalized spacial score (nSPS) is 11.1. The van der Waals surface area contributed by atoms with Crippen molar-refractivity contribution in [2.75, 3.05) is 0 Å². The molecule has 0 aliphatic carbocycles. The summed E-state index contributed by atoms with van der Waals surface area (Å²) in [4.78, 5) is 22.8. The van der Waals surface area contributed by atoms with Gasteiger partial charge >= 0.3 is 5.97 Å². The van der Waals surface area contributed by atoms with Crippen molar-refractivity contribution < 1.29 is 23.8 Å². The van der Waals surface area contributed by atoms with Gasteiger partial charge in [0.25, 0.3) is 5.91 Å². The van der Waals surface area contributed by atoms with E-state index in [0.717, 1.165) is 0 Å². The molecule has 0 saturated carbocycles. The molecule has 1 heterocycles. The number of nitrogens with one attached hydrogen (secondary N) is 1. The van der Waals surface area contributed by atoms with E-state index in [0.29, 0.717) is 17.1 Å². The van der Waals surface area contributed by atoms with Crippen LogP contribution in [0, 0.1) is 0 Å². The van der Waals surface area contributed by atoms with Crippen LogP contribution in [0.1, 0.15) is 47.4 Å². The second-order valence-corrected chi connectivity index (χ2v) is 5.99. The highest BCUT2D eigenvalue weighted by Gasteiger charge is 2.13. The fraction of sp³-hybridized carbons (Fsp3) is 0.294. The number of ether oxygens (including phenoxy) is 1. The third-order valence-electron chi connectivity index (χ3n) is 2.84. The second kappa shape index (κ2) is 6.56. The molecule has 0 aliphatic heterocycles. The summed E-state index contributed by atoms with van der Waals surface area (Å²) < 4.78 is 10.8. The summed E-state index contributed by atoms with van der Waals surface area (Å²) >= 11 is 0. The molecule has 0 aliphatic rings. The molecule has 1 amide bonds. The molecule has 0 saturated heterocycles. The van der Waals surface area contributed by atoms with Crippen LogP contribution in [0.25, 0.3) is 0 Å². The van der Waals surface area contributed by atoms with Crippen LogP contribution in [-0.2, 0) is 6.54 Å². The maximum Gasteiger partial charge on any atom is 0.371 e. The number of hydrogen-bond donors (Lipinski definition) is 2. The van der Waals surface area contributed by atoms with E-state index < -0.39 is 5.97 Å². The van der Waals surface area contributed by atoms with Crippen molar-refractivity contribution in [1.82, 2.24) is 5.32 Å². The summed E-state index contributed by atoms with van der Waals surface area (Å²) in [5.41, 5.74) is 0.182. The number of carbonyl (C=O) groups is 2. The quantitative estimate of drug-likeness (QED) is 0.884. The number of carbonyl (C=O) groups excluding carboxylic acids is 1. The molecule has 122 valence electrons. The van der Waals surface area contributed by atoms with Crippen LogP contribution in [0.5, 0.6) is 5.75 Å². The van der Waals surface area contributed by atoms with Crippen LogP contribution in [-0.4, -0.2) is 22.6 Å². The Morgan fingerprint density at radius 2 is 1.78 bits per heavy atom. The predicted molar refractivity (Wildman–Crippen MR) is 83.7 cm³/mol. The van der Waals surface area contributed by atoms with Crippen molar-refractivity contribution in [1.29, 1.82) is 0 Å². The first kappa shape index (κ1) is 16.6. The molecule has 23 heavy (non-hydrogen) atoms. The topological polar surface area (TPSA) is 88.8 Å². The molecule has 0 fully saturated rings. The van der Waals surface area contributed by atoms with Crippen molar-refractivity contribution in [2.24, 2.45) is 0 Å². The van der Waals surface area contributed by atoms with Gasteiger partial charge in [0.2, 0.25) is 5.76 Å². The predicted octanol–water partition coefficient (Wildman–Crippen LogP) is 3.09. The van der Waals surface area contributed by atoms with Gasteiger partial charge in [-0.05, 0) is 57.2 Å². The molecule has 2 aromatic rings. The van der Waals surface area contributed by atoms with Crippen LogP contribution < -0.4 is 10.1 Å². The molecule has 6 heteroatoms. The molecule has 0 atom stereocenters. The zero-order valence-electron chi connectivity index (χ0n) is 13.3. The lowest BCUT2D eigenvalue weighted by molar-refractivity contribution is 0.0660. The second-order valence-electron chi connectivity index (χ2n) is 5.99. The molecule has 0 bridgehead atoms.